The highest BCUT2D eigenvalue weighted by molar-refractivity contribution is 9.10. The van der Waals surface area contributed by atoms with Gasteiger partial charge in [0.15, 0.2) is 17.3 Å². The number of furan rings is 1. The summed E-state index contributed by atoms with van der Waals surface area (Å²) < 4.78 is 32.8. The molecule has 7 nitrogen and oxygen atoms in total. The molecule has 0 saturated heterocycles. The lowest BCUT2D eigenvalue weighted by Crippen LogP contribution is -2.20. The van der Waals surface area contributed by atoms with Gasteiger partial charge in [0, 0.05) is 20.4 Å². The predicted molar refractivity (Wildman–Crippen MR) is 170 cm³/mol. The molecule has 0 aliphatic carbocycles. The van der Waals surface area contributed by atoms with E-state index in [0.29, 0.717) is 55.4 Å². The fraction of sp³-hybridized carbons (Fsp3) is 0.0938. The van der Waals surface area contributed by atoms with E-state index < -0.39 is 0 Å². The maximum atomic E-state index is 13.7. The second-order valence-corrected chi connectivity index (χ2v) is 11.0. The highest BCUT2D eigenvalue weighted by atomic mass is 79.9. The van der Waals surface area contributed by atoms with Crippen LogP contribution < -0.4 is 15.0 Å². The minimum atomic E-state index is -0.387. The zero-order valence-electron chi connectivity index (χ0n) is 22.5. The summed E-state index contributed by atoms with van der Waals surface area (Å²) >= 11 is 16.4. The third-order valence-corrected chi connectivity index (χ3v) is 8.20. The molecule has 43 heavy (non-hydrogen) atoms. The van der Waals surface area contributed by atoms with Crippen LogP contribution in [0.15, 0.2) is 97.6 Å². The van der Waals surface area contributed by atoms with Gasteiger partial charge in [0.25, 0.3) is 5.56 Å². The summed E-state index contributed by atoms with van der Waals surface area (Å²) in [6, 6.07) is 21.7. The van der Waals surface area contributed by atoms with Crippen LogP contribution in [0.25, 0.3) is 33.5 Å². The molecule has 0 spiro atoms. The van der Waals surface area contributed by atoms with E-state index in [2.05, 4.69) is 21.0 Å². The Kier molecular flexibility index (Phi) is 8.21. The first kappa shape index (κ1) is 28.9. The molecule has 0 saturated carbocycles. The molecule has 0 unspecified atom stereocenters. The van der Waals surface area contributed by atoms with Gasteiger partial charge in [0.1, 0.15) is 23.0 Å². The van der Waals surface area contributed by atoms with Gasteiger partial charge in [-0.2, -0.15) is 9.78 Å². The van der Waals surface area contributed by atoms with Crippen molar-refractivity contribution in [3.8, 4) is 23.1 Å². The second-order valence-electron chi connectivity index (χ2n) is 9.38. The molecule has 11 heteroatoms. The molecule has 0 atom stereocenters. The van der Waals surface area contributed by atoms with Crippen LogP contribution in [0, 0.1) is 5.82 Å². The quantitative estimate of drug-likeness (QED) is 0.150. The van der Waals surface area contributed by atoms with Gasteiger partial charge in [-0.3, -0.25) is 4.79 Å². The van der Waals surface area contributed by atoms with E-state index in [-0.39, 0.29) is 28.8 Å². The Morgan fingerprint density at radius 2 is 1.84 bits per heavy atom. The fourth-order valence-corrected chi connectivity index (χ4v) is 5.30. The lowest BCUT2D eigenvalue weighted by atomic mass is 10.2. The van der Waals surface area contributed by atoms with Gasteiger partial charge in [0.2, 0.25) is 5.82 Å². The smallest absolute Gasteiger partial charge is 0.282 e. The highest BCUT2D eigenvalue weighted by Gasteiger charge is 2.20. The van der Waals surface area contributed by atoms with Gasteiger partial charge in [-0.15, -0.1) is 0 Å². The van der Waals surface area contributed by atoms with E-state index in [1.807, 2.05) is 6.92 Å². The maximum absolute atomic E-state index is 13.7. The molecule has 0 bridgehead atoms. The summed E-state index contributed by atoms with van der Waals surface area (Å²) in [6.07, 6.45) is 1.48. The molecule has 0 N–H and O–H groups in total. The van der Waals surface area contributed by atoms with Gasteiger partial charge in [-0.1, -0.05) is 47.5 Å². The molecule has 216 valence electrons. The molecule has 0 aliphatic rings. The number of hydrogen-bond acceptors (Lipinski definition) is 6. The normalized spacial score (nSPS) is 11.6. The number of halogens is 4. The van der Waals surface area contributed by atoms with Crippen LogP contribution in [0.1, 0.15) is 18.1 Å². The molecule has 2 aromatic heterocycles. The average molecular weight is 681 g/mol. The number of para-hydroxylation sites is 1. The lowest BCUT2D eigenvalue weighted by molar-refractivity contribution is 0.269. The van der Waals surface area contributed by atoms with Crippen LogP contribution in [0.5, 0.6) is 11.5 Å². The Bertz CT molecular complexity index is 2080. The van der Waals surface area contributed by atoms with Crippen molar-refractivity contribution >= 4 is 67.2 Å². The van der Waals surface area contributed by atoms with Crippen LogP contribution in [0.4, 0.5) is 4.39 Å². The highest BCUT2D eigenvalue weighted by Crippen LogP contribution is 2.42. The summed E-state index contributed by atoms with van der Waals surface area (Å²) in [4.78, 5) is 18.4. The summed E-state index contributed by atoms with van der Waals surface area (Å²) in [6.45, 7) is 2.32. The summed E-state index contributed by atoms with van der Waals surface area (Å²) in [5.74, 6) is 0.894. The van der Waals surface area contributed by atoms with E-state index in [9.17, 15) is 9.18 Å². The Morgan fingerprint density at radius 1 is 1.05 bits per heavy atom. The van der Waals surface area contributed by atoms with E-state index in [1.165, 1.54) is 23.0 Å². The van der Waals surface area contributed by atoms with E-state index in [4.69, 9.17) is 42.1 Å². The van der Waals surface area contributed by atoms with Crippen LogP contribution in [-0.4, -0.2) is 22.5 Å². The van der Waals surface area contributed by atoms with Crippen molar-refractivity contribution in [1.82, 2.24) is 9.66 Å². The second kappa shape index (κ2) is 12.2. The third-order valence-electron chi connectivity index (χ3n) is 6.52. The Hall–Kier alpha value is -4.18. The first-order chi connectivity index (χ1) is 20.8. The van der Waals surface area contributed by atoms with Crippen molar-refractivity contribution in [3.63, 3.8) is 0 Å². The van der Waals surface area contributed by atoms with Crippen molar-refractivity contribution < 1.29 is 18.3 Å². The minimum Gasteiger partial charge on any atom is -0.490 e. The van der Waals surface area contributed by atoms with Gasteiger partial charge in [-0.25, -0.2) is 9.37 Å². The number of ether oxygens (including phenoxy) is 2. The van der Waals surface area contributed by atoms with E-state index in [0.717, 1.165) is 10.9 Å². The molecule has 6 aromatic rings. The number of fused-ring (bicyclic) bond motifs is 2. The summed E-state index contributed by atoms with van der Waals surface area (Å²) in [5, 5.41) is 6.48. The van der Waals surface area contributed by atoms with Crippen LogP contribution >= 0.6 is 39.1 Å². The van der Waals surface area contributed by atoms with Gasteiger partial charge in [-0.05, 0) is 83.0 Å². The molecular formula is C32H21BrCl2FN3O4. The number of nitrogens with zero attached hydrogens (tertiary/aromatic N) is 3. The number of aromatic nitrogens is 2. The third kappa shape index (κ3) is 5.88. The number of benzene rings is 4. The number of rotatable bonds is 8. The zero-order chi connectivity index (χ0) is 30.1. The Balaban J connectivity index is 1.43. The Labute approximate surface area is 263 Å². The van der Waals surface area contributed by atoms with Crippen molar-refractivity contribution in [2.45, 2.75) is 13.5 Å². The van der Waals surface area contributed by atoms with Gasteiger partial charge >= 0.3 is 0 Å². The molecule has 2 heterocycles. The molecule has 0 fully saturated rings. The molecule has 0 radical (unpaired) electrons. The molecule has 6 rings (SSSR count). The maximum Gasteiger partial charge on any atom is 0.282 e. The first-order valence-corrected chi connectivity index (χ1v) is 14.6. The van der Waals surface area contributed by atoms with E-state index >= 15 is 0 Å². The molecule has 4 aromatic carbocycles. The standard InChI is InChI=1S/C32H21BrCl2FN3O4/c1-2-41-26-15-20(28(33)29(35)30(26)42-17-18-7-10-22(36)11-8-18)16-37-39-31(38-24-6-4-3-5-23(24)32(39)40)27-14-19-13-21(34)9-12-25(19)43-27/h3-16H,2,17H2,1H3. The summed E-state index contributed by atoms with van der Waals surface area (Å²) in [5.41, 5.74) is 1.97. The van der Waals surface area contributed by atoms with Crippen LogP contribution in [-0.2, 0) is 6.61 Å². The molecular weight excluding hydrogens is 660 g/mol. The Morgan fingerprint density at radius 3 is 2.63 bits per heavy atom. The predicted octanol–water partition coefficient (Wildman–Crippen LogP) is 8.88. The molecule has 0 aliphatic heterocycles. The zero-order valence-corrected chi connectivity index (χ0v) is 25.6. The van der Waals surface area contributed by atoms with Gasteiger partial charge < -0.3 is 13.9 Å². The van der Waals surface area contributed by atoms with Crippen LogP contribution in [0.3, 0.4) is 0 Å². The lowest BCUT2D eigenvalue weighted by Gasteiger charge is -2.16. The van der Waals surface area contributed by atoms with Gasteiger partial charge in [0.05, 0.1) is 23.7 Å². The fourth-order valence-electron chi connectivity index (χ4n) is 4.47. The van der Waals surface area contributed by atoms with Crippen molar-refractivity contribution in [3.05, 3.63) is 121 Å². The largest absolute Gasteiger partial charge is 0.490 e. The number of hydrogen-bond donors (Lipinski definition) is 0. The van der Waals surface area contributed by atoms with Crippen LogP contribution in [0.2, 0.25) is 10.0 Å². The SMILES string of the molecule is CCOc1cc(C=Nn2c(-c3cc4cc(Cl)ccc4o3)nc3ccccc3c2=O)c(Br)c(Cl)c1OCc1ccc(F)cc1. The minimum absolute atomic E-state index is 0.143. The van der Waals surface area contributed by atoms with E-state index in [1.54, 1.807) is 66.7 Å². The average Bonchev–Trinajstić information content (AvgIpc) is 3.43. The first-order valence-electron chi connectivity index (χ1n) is 13.1. The van der Waals surface area contributed by atoms with Crippen molar-refractivity contribution in [1.29, 1.82) is 0 Å². The topological polar surface area (TPSA) is 78.9 Å². The summed E-state index contributed by atoms with van der Waals surface area (Å²) in [7, 11) is 0. The molecule has 0 amide bonds. The van der Waals surface area contributed by atoms with Crippen molar-refractivity contribution in [2.75, 3.05) is 6.61 Å². The monoisotopic (exact) mass is 679 g/mol. The van der Waals surface area contributed by atoms with Crippen molar-refractivity contribution in [2.24, 2.45) is 5.10 Å².